The number of hydrogen-bond donors (Lipinski definition) is 0. The molecule has 2 heterocycles. The van der Waals surface area contributed by atoms with Crippen LogP contribution in [0.3, 0.4) is 0 Å². The number of morpholine rings is 1. The number of carbonyl (C=O) groups excluding carboxylic acids is 2. The van der Waals surface area contributed by atoms with Crippen LogP contribution in [0, 0.1) is 11.7 Å². The van der Waals surface area contributed by atoms with E-state index < -0.39 is 0 Å². The summed E-state index contributed by atoms with van der Waals surface area (Å²) in [4.78, 5) is 30.0. The zero-order chi connectivity index (χ0) is 20.2. The van der Waals surface area contributed by atoms with Crippen LogP contribution in [-0.4, -0.2) is 54.5 Å². The maximum Gasteiger partial charge on any atom is 0.254 e. The number of carbonyl (C=O) groups is 2. The van der Waals surface area contributed by atoms with Crippen molar-refractivity contribution in [3.05, 3.63) is 71.5 Å². The highest BCUT2D eigenvalue weighted by Crippen LogP contribution is 2.35. The van der Waals surface area contributed by atoms with E-state index in [4.69, 9.17) is 4.74 Å². The average Bonchev–Trinajstić information content (AvgIpc) is 2.79. The summed E-state index contributed by atoms with van der Waals surface area (Å²) in [7, 11) is 0. The van der Waals surface area contributed by atoms with Crippen LogP contribution in [0.15, 0.2) is 54.6 Å². The van der Waals surface area contributed by atoms with Crippen LogP contribution in [0.25, 0.3) is 0 Å². The molecule has 5 nitrogen and oxygen atoms in total. The molecule has 0 aliphatic carbocycles. The van der Waals surface area contributed by atoms with E-state index in [0.717, 1.165) is 5.56 Å². The van der Waals surface area contributed by atoms with Crippen LogP contribution in [0.5, 0.6) is 0 Å². The van der Waals surface area contributed by atoms with Gasteiger partial charge in [0.25, 0.3) is 5.91 Å². The van der Waals surface area contributed by atoms with Gasteiger partial charge in [-0.15, -0.1) is 0 Å². The van der Waals surface area contributed by atoms with Gasteiger partial charge in [0, 0.05) is 25.2 Å². The molecule has 29 heavy (non-hydrogen) atoms. The first-order chi connectivity index (χ1) is 14.1. The minimum absolute atomic E-state index is 0.0942. The monoisotopic (exact) mass is 396 g/mol. The minimum atomic E-state index is -0.300. The quantitative estimate of drug-likeness (QED) is 0.800. The van der Waals surface area contributed by atoms with Gasteiger partial charge in [-0.25, -0.2) is 4.39 Å². The van der Waals surface area contributed by atoms with Crippen LogP contribution in [-0.2, 0) is 9.53 Å². The van der Waals surface area contributed by atoms with E-state index in [9.17, 15) is 14.0 Å². The minimum Gasteiger partial charge on any atom is -0.378 e. The van der Waals surface area contributed by atoms with Crippen molar-refractivity contribution in [3.63, 3.8) is 0 Å². The molecular weight excluding hydrogens is 371 g/mol. The Balaban J connectivity index is 1.58. The first-order valence-corrected chi connectivity index (χ1v) is 10.1. The third kappa shape index (κ3) is 4.32. The van der Waals surface area contributed by atoms with Crippen molar-refractivity contribution >= 4 is 11.8 Å². The zero-order valence-electron chi connectivity index (χ0n) is 16.3. The topological polar surface area (TPSA) is 49.9 Å². The molecule has 2 amide bonds. The Morgan fingerprint density at radius 2 is 1.62 bits per heavy atom. The molecule has 2 atom stereocenters. The van der Waals surface area contributed by atoms with Gasteiger partial charge in [-0.1, -0.05) is 30.3 Å². The van der Waals surface area contributed by atoms with Gasteiger partial charge in [-0.2, -0.15) is 0 Å². The fourth-order valence-corrected chi connectivity index (χ4v) is 4.22. The van der Waals surface area contributed by atoms with Gasteiger partial charge in [0.05, 0.1) is 25.2 Å². The molecule has 0 N–H and O–H groups in total. The van der Waals surface area contributed by atoms with E-state index in [0.29, 0.717) is 51.3 Å². The highest BCUT2D eigenvalue weighted by atomic mass is 19.1. The van der Waals surface area contributed by atoms with Crippen LogP contribution >= 0.6 is 0 Å². The van der Waals surface area contributed by atoms with Crippen LogP contribution < -0.4 is 0 Å². The molecule has 2 aliphatic heterocycles. The number of benzene rings is 2. The van der Waals surface area contributed by atoms with E-state index in [2.05, 4.69) is 0 Å². The fraction of sp³-hybridized carbons (Fsp3) is 0.391. The molecule has 2 aromatic rings. The molecule has 2 fully saturated rings. The first kappa shape index (κ1) is 19.6. The van der Waals surface area contributed by atoms with Crippen LogP contribution in [0.4, 0.5) is 4.39 Å². The Morgan fingerprint density at radius 3 is 2.31 bits per heavy atom. The largest absolute Gasteiger partial charge is 0.378 e. The van der Waals surface area contributed by atoms with E-state index in [1.54, 1.807) is 29.2 Å². The van der Waals surface area contributed by atoms with Gasteiger partial charge in [0.15, 0.2) is 0 Å². The standard InChI is InChI=1S/C23H25FN2O3/c24-20-9-6-17(7-10-20)21-11-8-19(22(27)25-12-14-29-15-13-25)16-26(21)23(28)18-4-2-1-3-5-18/h1-7,9-10,19,21H,8,11-16H2. The van der Waals surface area contributed by atoms with Crippen molar-refractivity contribution in [2.24, 2.45) is 5.92 Å². The lowest BCUT2D eigenvalue weighted by Gasteiger charge is -2.41. The van der Waals surface area contributed by atoms with Crippen molar-refractivity contribution in [2.75, 3.05) is 32.8 Å². The molecule has 0 radical (unpaired) electrons. The molecule has 2 unspecified atom stereocenters. The van der Waals surface area contributed by atoms with Gasteiger partial charge in [0.2, 0.25) is 5.91 Å². The summed E-state index contributed by atoms with van der Waals surface area (Å²) in [5.74, 6) is -0.528. The van der Waals surface area contributed by atoms with Gasteiger partial charge in [0.1, 0.15) is 5.82 Å². The molecule has 4 rings (SSSR count). The first-order valence-electron chi connectivity index (χ1n) is 10.1. The van der Waals surface area contributed by atoms with Gasteiger partial charge in [-0.3, -0.25) is 9.59 Å². The SMILES string of the molecule is O=C(C1CCC(c2ccc(F)cc2)N(C(=O)c2ccccc2)C1)N1CCOCC1. The van der Waals surface area contributed by atoms with E-state index in [1.165, 1.54) is 12.1 Å². The molecule has 2 saturated heterocycles. The third-order valence-electron chi connectivity index (χ3n) is 5.79. The summed E-state index contributed by atoms with van der Waals surface area (Å²) >= 11 is 0. The molecule has 2 aromatic carbocycles. The lowest BCUT2D eigenvalue weighted by Crippen LogP contribution is -2.50. The summed E-state index contributed by atoms with van der Waals surface area (Å²) in [5, 5.41) is 0. The second-order valence-corrected chi connectivity index (χ2v) is 7.60. The van der Waals surface area contributed by atoms with Crippen molar-refractivity contribution in [3.8, 4) is 0 Å². The normalized spacial score (nSPS) is 22.4. The van der Waals surface area contributed by atoms with Gasteiger partial charge >= 0.3 is 0 Å². The Labute approximate surface area is 170 Å². The summed E-state index contributed by atoms with van der Waals surface area (Å²) in [6, 6.07) is 15.3. The van der Waals surface area contributed by atoms with Crippen LogP contribution in [0.1, 0.15) is 34.8 Å². The lowest BCUT2D eigenvalue weighted by atomic mass is 9.87. The number of piperidine rings is 1. The number of rotatable bonds is 3. The molecule has 152 valence electrons. The molecular formula is C23H25FN2O3. The van der Waals surface area contributed by atoms with E-state index in [-0.39, 0.29) is 29.6 Å². The smallest absolute Gasteiger partial charge is 0.254 e. The van der Waals surface area contributed by atoms with Crippen molar-refractivity contribution in [1.82, 2.24) is 9.80 Å². The molecule has 0 saturated carbocycles. The molecule has 6 heteroatoms. The molecule has 2 aliphatic rings. The average molecular weight is 396 g/mol. The lowest BCUT2D eigenvalue weighted by molar-refractivity contribution is -0.141. The number of amides is 2. The maximum absolute atomic E-state index is 13.4. The van der Waals surface area contributed by atoms with E-state index in [1.807, 2.05) is 23.1 Å². The highest BCUT2D eigenvalue weighted by Gasteiger charge is 2.37. The predicted molar refractivity (Wildman–Crippen MR) is 107 cm³/mol. The number of ether oxygens (including phenoxy) is 1. The molecule has 0 bridgehead atoms. The molecule has 0 aromatic heterocycles. The summed E-state index contributed by atoms with van der Waals surface area (Å²) in [5.41, 5.74) is 1.49. The predicted octanol–water partition coefficient (Wildman–Crippen LogP) is 3.28. The van der Waals surface area contributed by atoms with Gasteiger partial charge < -0.3 is 14.5 Å². The maximum atomic E-state index is 13.4. The Bertz CT molecular complexity index is 850. The highest BCUT2D eigenvalue weighted by molar-refractivity contribution is 5.95. The zero-order valence-corrected chi connectivity index (χ0v) is 16.3. The van der Waals surface area contributed by atoms with Crippen molar-refractivity contribution < 1.29 is 18.7 Å². The number of hydrogen-bond acceptors (Lipinski definition) is 3. The molecule has 0 spiro atoms. The fourth-order valence-electron chi connectivity index (χ4n) is 4.22. The summed E-state index contributed by atoms with van der Waals surface area (Å²) in [6.45, 7) is 2.69. The summed E-state index contributed by atoms with van der Waals surface area (Å²) in [6.07, 6.45) is 1.38. The second kappa shape index (κ2) is 8.74. The Morgan fingerprint density at radius 1 is 0.931 bits per heavy atom. The number of halogens is 1. The third-order valence-corrected chi connectivity index (χ3v) is 5.79. The Hall–Kier alpha value is -2.73. The van der Waals surface area contributed by atoms with Gasteiger partial charge in [-0.05, 0) is 42.7 Å². The van der Waals surface area contributed by atoms with Crippen molar-refractivity contribution in [2.45, 2.75) is 18.9 Å². The second-order valence-electron chi connectivity index (χ2n) is 7.60. The van der Waals surface area contributed by atoms with E-state index >= 15 is 0 Å². The number of nitrogens with zero attached hydrogens (tertiary/aromatic N) is 2. The Kier molecular flexibility index (Phi) is 5.90. The van der Waals surface area contributed by atoms with Crippen LogP contribution in [0.2, 0.25) is 0 Å². The number of likely N-dealkylation sites (tertiary alicyclic amines) is 1. The van der Waals surface area contributed by atoms with Crippen molar-refractivity contribution in [1.29, 1.82) is 0 Å². The summed E-state index contributed by atoms with van der Waals surface area (Å²) < 4.78 is 18.8.